The molecule has 0 aliphatic heterocycles. The van der Waals surface area contributed by atoms with Gasteiger partial charge in [-0.2, -0.15) is 0 Å². The minimum absolute atomic E-state index is 0.390. The third-order valence-electron chi connectivity index (χ3n) is 3.05. The second-order valence-electron chi connectivity index (χ2n) is 5.11. The highest BCUT2D eigenvalue weighted by molar-refractivity contribution is 7.16. The van der Waals surface area contributed by atoms with Crippen molar-refractivity contribution in [1.29, 1.82) is 0 Å². The first-order chi connectivity index (χ1) is 9.49. The molecule has 0 aliphatic carbocycles. The second-order valence-corrected chi connectivity index (χ2v) is 7.18. The zero-order valence-corrected chi connectivity index (χ0v) is 14.2. The normalized spacial score (nSPS) is 11.1. The van der Waals surface area contributed by atoms with Crippen LogP contribution in [-0.2, 0) is 12.4 Å². The van der Waals surface area contributed by atoms with E-state index in [4.69, 9.17) is 28.2 Å². The molecule has 0 bridgehead atoms. The van der Waals surface area contributed by atoms with E-state index in [1.807, 2.05) is 19.2 Å². The van der Waals surface area contributed by atoms with Gasteiger partial charge >= 0.3 is 0 Å². The molecule has 0 aliphatic rings. The fraction of sp³-hybridized carbons (Fsp3) is 0.400. The number of aromatic nitrogens is 1. The molecule has 0 atom stereocenters. The zero-order valence-electron chi connectivity index (χ0n) is 11.9. The van der Waals surface area contributed by atoms with Gasteiger partial charge in [0.1, 0.15) is 5.82 Å². The van der Waals surface area contributed by atoms with Gasteiger partial charge in [-0.25, -0.2) is 4.98 Å². The van der Waals surface area contributed by atoms with Gasteiger partial charge in [-0.05, 0) is 35.7 Å². The quantitative estimate of drug-likeness (QED) is 0.693. The molecule has 0 spiro atoms. The molecule has 0 N–H and O–H groups in total. The number of hydrogen-bond acceptors (Lipinski definition) is 3. The highest BCUT2D eigenvalue weighted by atomic mass is 35.5. The molecule has 5 heteroatoms. The molecule has 0 aromatic carbocycles. The zero-order chi connectivity index (χ0) is 14.7. The van der Waals surface area contributed by atoms with Gasteiger partial charge in [0.25, 0.3) is 0 Å². The molecule has 0 amide bonds. The number of thiophene rings is 1. The number of halogens is 2. The van der Waals surface area contributed by atoms with Crippen LogP contribution in [-0.4, -0.2) is 12.0 Å². The fourth-order valence-corrected chi connectivity index (χ4v) is 3.21. The fourth-order valence-electron chi connectivity index (χ4n) is 1.91. The maximum atomic E-state index is 5.98. The highest BCUT2D eigenvalue weighted by Crippen LogP contribution is 2.25. The predicted molar refractivity (Wildman–Crippen MR) is 89.3 cm³/mol. The number of pyridine rings is 1. The molecular weight excluding hydrogens is 311 g/mol. The molecular formula is C15H18Cl2N2S. The van der Waals surface area contributed by atoms with Crippen LogP contribution in [0.1, 0.15) is 35.9 Å². The Morgan fingerprint density at radius 2 is 2.05 bits per heavy atom. The van der Waals surface area contributed by atoms with Crippen LogP contribution in [0.5, 0.6) is 0 Å². The lowest BCUT2D eigenvalue weighted by Crippen LogP contribution is -2.18. The summed E-state index contributed by atoms with van der Waals surface area (Å²) in [5, 5.41) is 0. The summed E-state index contributed by atoms with van der Waals surface area (Å²) in [7, 11) is 2.04. The van der Waals surface area contributed by atoms with E-state index in [1.165, 1.54) is 4.88 Å². The van der Waals surface area contributed by atoms with Crippen LogP contribution in [0.4, 0.5) is 5.82 Å². The minimum atomic E-state index is 0.390. The molecule has 2 heterocycles. The smallest absolute Gasteiger partial charge is 0.129 e. The molecule has 0 saturated carbocycles. The summed E-state index contributed by atoms with van der Waals surface area (Å²) in [6.45, 7) is 5.08. The van der Waals surface area contributed by atoms with Gasteiger partial charge in [-0.15, -0.1) is 22.9 Å². The van der Waals surface area contributed by atoms with Crippen molar-refractivity contribution in [3.05, 3.63) is 44.7 Å². The van der Waals surface area contributed by atoms with Crippen molar-refractivity contribution in [3.8, 4) is 0 Å². The van der Waals surface area contributed by atoms with Crippen LogP contribution in [0.3, 0.4) is 0 Å². The number of alkyl halides is 1. The van der Waals surface area contributed by atoms with Crippen molar-refractivity contribution in [3.63, 3.8) is 0 Å². The van der Waals surface area contributed by atoms with E-state index in [0.29, 0.717) is 11.8 Å². The average molecular weight is 329 g/mol. The maximum Gasteiger partial charge on any atom is 0.129 e. The van der Waals surface area contributed by atoms with E-state index in [2.05, 4.69) is 30.9 Å². The lowest BCUT2D eigenvalue weighted by Gasteiger charge is -2.20. The Morgan fingerprint density at radius 3 is 2.60 bits per heavy atom. The van der Waals surface area contributed by atoms with E-state index in [1.54, 1.807) is 11.3 Å². The molecule has 0 fully saturated rings. The number of hydrogen-bond donors (Lipinski definition) is 0. The largest absolute Gasteiger partial charge is 0.355 e. The highest BCUT2D eigenvalue weighted by Gasteiger charge is 2.10. The Bertz CT molecular complexity index is 581. The lowest BCUT2D eigenvalue weighted by molar-refractivity contribution is 0.805. The van der Waals surface area contributed by atoms with Gasteiger partial charge in [0.05, 0.1) is 10.9 Å². The van der Waals surface area contributed by atoms with Gasteiger partial charge in [-0.1, -0.05) is 25.4 Å². The first-order valence-corrected chi connectivity index (χ1v) is 8.24. The summed E-state index contributed by atoms with van der Waals surface area (Å²) in [4.78, 5) is 8.08. The van der Waals surface area contributed by atoms with Crippen molar-refractivity contribution in [2.75, 3.05) is 11.9 Å². The van der Waals surface area contributed by atoms with E-state index in [-0.39, 0.29) is 0 Å². The van der Waals surface area contributed by atoms with Crippen molar-refractivity contribution < 1.29 is 0 Å². The van der Waals surface area contributed by atoms with Gasteiger partial charge in [0, 0.05) is 23.5 Å². The molecule has 0 saturated heterocycles. The molecule has 2 nitrogen and oxygen atoms in total. The molecule has 20 heavy (non-hydrogen) atoms. The molecule has 2 aromatic heterocycles. The summed E-state index contributed by atoms with van der Waals surface area (Å²) in [6.07, 6.45) is 0. The monoisotopic (exact) mass is 328 g/mol. The molecule has 108 valence electrons. The summed E-state index contributed by atoms with van der Waals surface area (Å²) in [5.74, 6) is 1.85. The SMILES string of the molecule is CC(C)c1cc(CCl)cc(N(C)Cc2ccc(Cl)s2)n1. The van der Waals surface area contributed by atoms with Crippen LogP contribution in [0.2, 0.25) is 4.34 Å². The van der Waals surface area contributed by atoms with Gasteiger partial charge in [0.2, 0.25) is 0 Å². The maximum absolute atomic E-state index is 5.98. The number of nitrogens with zero attached hydrogens (tertiary/aromatic N) is 2. The topological polar surface area (TPSA) is 16.1 Å². The van der Waals surface area contributed by atoms with E-state index in [0.717, 1.165) is 28.0 Å². The van der Waals surface area contributed by atoms with Crippen molar-refractivity contribution >= 4 is 40.4 Å². The molecule has 0 radical (unpaired) electrons. The summed E-state index contributed by atoms with van der Waals surface area (Å²) in [5.41, 5.74) is 2.19. The van der Waals surface area contributed by atoms with Crippen molar-refractivity contribution in [2.45, 2.75) is 32.2 Å². The third kappa shape index (κ3) is 3.87. The van der Waals surface area contributed by atoms with Crippen LogP contribution in [0.15, 0.2) is 24.3 Å². The lowest BCUT2D eigenvalue weighted by atomic mass is 10.1. The summed E-state index contributed by atoms with van der Waals surface area (Å²) in [6, 6.07) is 8.11. The molecule has 2 aromatic rings. The van der Waals surface area contributed by atoms with Crippen LogP contribution in [0, 0.1) is 0 Å². The van der Waals surface area contributed by atoms with Crippen LogP contribution in [0.25, 0.3) is 0 Å². The van der Waals surface area contributed by atoms with Crippen molar-refractivity contribution in [1.82, 2.24) is 4.98 Å². The van der Waals surface area contributed by atoms with Gasteiger partial charge in [-0.3, -0.25) is 0 Å². The summed E-state index contributed by atoms with van der Waals surface area (Å²) < 4.78 is 0.818. The minimum Gasteiger partial charge on any atom is -0.355 e. The third-order valence-corrected chi connectivity index (χ3v) is 4.57. The van der Waals surface area contributed by atoms with Crippen LogP contribution >= 0.6 is 34.5 Å². The van der Waals surface area contributed by atoms with Gasteiger partial charge in [0.15, 0.2) is 0 Å². The van der Waals surface area contributed by atoms with Gasteiger partial charge < -0.3 is 4.90 Å². The van der Waals surface area contributed by atoms with Crippen molar-refractivity contribution in [2.24, 2.45) is 0 Å². The molecule has 0 unspecified atom stereocenters. The number of anilines is 1. The first kappa shape index (κ1) is 15.6. The Kier molecular flexibility index (Phi) is 5.30. The predicted octanol–water partition coefficient (Wildman–Crippen LogP) is 5.30. The van der Waals surface area contributed by atoms with Crippen LogP contribution < -0.4 is 4.90 Å². The molecule has 2 rings (SSSR count). The average Bonchev–Trinajstić information content (AvgIpc) is 2.83. The second kappa shape index (κ2) is 6.79. The summed E-state index contributed by atoms with van der Waals surface area (Å²) >= 11 is 13.6. The Labute approximate surface area is 134 Å². The number of rotatable bonds is 5. The first-order valence-electron chi connectivity index (χ1n) is 6.51. The van der Waals surface area contributed by atoms with E-state index in [9.17, 15) is 0 Å². The van der Waals surface area contributed by atoms with E-state index < -0.39 is 0 Å². The van der Waals surface area contributed by atoms with E-state index >= 15 is 0 Å². The standard InChI is InChI=1S/C15H18Cl2N2S/c1-10(2)13-6-11(8-16)7-15(18-13)19(3)9-12-4-5-14(17)20-12/h4-7,10H,8-9H2,1-3H3. The Morgan fingerprint density at radius 1 is 1.30 bits per heavy atom. The Hall–Kier alpha value is -0.770. The Balaban J connectivity index is 2.24.